The molecule has 2 heteroatoms. The van der Waals surface area contributed by atoms with Gasteiger partial charge < -0.3 is 4.90 Å². The molecule has 0 aliphatic heterocycles. The van der Waals surface area contributed by atoms with Gasteiger partial charge in [0, 0.05) is 19.8 Å². The lowest BCUT2D eigenvalue weighted by Gasteiger charge is -2.11. The second kappa shape index (κ2) is 6.23. The van der Waals surface area contributed by atoms with Crippen LogP contribution < -0.4 is 0 Å². The van der Waals surface area contributed by atoms with Crippen LogP contribution in [0.5, 0.6) is 0 Å². The highest BCUT2D eigenvalue weighted by molar-refractivity contribution is 5.78. The van der Waals surface area contributed by atoms with Crippen molar-refractivity contribution in [1.82, 2.24) is 4.90 Å². The monoisotopic (exact) mass is 178 g/mol. The second-order valence-electron chi connectivity index (χ2n) is 2.91. The van der Waals surface area contributed by atoms with Gasteiger partial charge in [0.1, 0.15) is 0 Å². The van der Waals surface area contributed by atoms with Gasteiger partial charge in [0.25, 0.3) is 0 Å². The predicted molar refractivity (Wildman–Crippen MR) is 59.9 cm³/mol. The number of rotatable bonds is 4. The van der Waals surface area contributed by atoms with Crippen molar-refractivity contribution in [3.63, 3.8) is 0 Å². The molecule has 0 rings (SSSR count). The minimum atomic E-state index is 1.01. The normalized spacial score (nSPS) is 13.5. The van der Waals surface area contributed by atoms with Crippen LogP contribution in [0.15, 0.2) is 41.2 Å². The van der Waals surface area contributed by atoms with Crippen molar-refractivity contribution in [3.05, 3.63) is 36.2 Å². The number of hydrogen-bond donors (Lipinski definition) is 0. The largest absolute Gasteiger partial charge is 0.376 e. The van der Waals surface area contributed by atoms with Gasteiger partial charge in [-0.3, -0.25) is 4.99 Å². The Morgan fingerprint density at radius 2 is 2.00 bits per heavy atom. The third-order valence-electron chi connectivity index (χ3n) is 1.62. The average molecular weight is 178 g/mol. The Bertz CT molecular complexity index is 245. The molecule has 0 amide bonds. The minimum absolute atomic E-state index is 1.01. The van der Waals surface area contributed by atoms with Crippen LogP contribution in [0.3, 0.4) is 0 Å². The topological polar surface area (TPSA) is 15.6 Å². The molecule has 0 aliphatic carbocycles. The fourth-order valence-corrected chi connectivity index (χ4v) is 0.671. The first kappa shape index (κ1) is 11.7. The predicted octanol–water partition coefficient (Wildman–Crippen LogP) is 2.61. The maximum absolute atomic E-state index is 4.26. The fourth-order valence-electron chi connectivity index (χ4n) is 0.671. The van der Waals surface area contributed by atoms with E-state index in [0.29, 0.717) is 0 Å². The lowest BCUT2D eigenvalue weighted by molar-refractivity contribution is 0.542. The van der Waals surface area contributed by atoms with Gasteiger partial charge in [-0.25, -0.2) is 0 Å². The van der Waals surface area contributed by atoms with Crippen LogP contribution >= 0.6 is 0 Å². The van der Waals surface area contributed by atoms with Crippen molar-refractivity contribution in [2.24, 2.45) is 4.99 Å². The molecular formula is C11H18N2. The van der Waals surface area contributed by atoms with Gasteiger partial charge in [-0.1, -0.05) is 18.7 Å². The number of nitrogens with zero attached hydrogens (tertiary/aromatic N) is 2. The molecule has 0 unspecified atom stereocenters. The van der Waals surface area contributed by atoms with Crippen LogP contribution in [0, 0.1) is 0 Å². The molecule has 0 aromatic heterocycles. The number of aliphatic imine (C=N–C) groups is 1. The number of hydrogen-bond acceptors (Lipinski definition) is 2. The van der Waals surface area contributed by atoms with E-state index in [-0.39, 0.29) is 0 Å². The zero-order chi connectivity index (χ0) is 10.3. The Morgan fingerprint density at radius 1 is 1.38 bits per heavy atom. The van der Waals surface area contributed by atoms with Crippen LogP contribution in [0.1, 0.15) is 13.8 Å². The molecule has 0 atom stereocenters. The highest BCUT2D eigenvalue weighted by Crippen LogP contribution is 1.98. The van der Waals surface area contributed by atoms with Crippen molar-refractivity contribution in [3.8, 4) is 0 Å². The fraction of sp³-hybridized carbons (Fsp3) is 0.364. The van der Waals surface area contributed by atoms with Gasteiger partial charge in [-0.2, -0.15) is 0 Å². The molecule has 0 N–H and O–H groups in total. The van der Waals surface area contributed by atoms with Gasteiger partial charge in [0.05, 0.1) is 11.9 Å². The summed E-state index contributed by atoms with van der Waals surface area (Å²) >= 11 is 0. The van der Waals surface area contributed by atoms with E-state index < -0.39 is 0 Å². The Hall–Kier alpha value is -1.31. The third-order valence-corrected chi connectivity index (χ3v) is 1.62. The SMILES string of the molecule is C=C/C=C(/C=N\C(C)=C/C)N(C)C. The van der Waals surface area contributed by atoms with E-state index in [1.807, 2.05) is 51.2 Å². The van der Waals surface area contributed by atoms with Crippen molar-refractivity contribution in [2.45, 2.75) is 13.8 Å². The summed E-state index contributed by atoms with van der Waals surface area (Å²) in [7, 11) is 3.96. The van der Waals surface area contributed by atoms with E-state index in [9.17, 15) is 0 Å². The van der Waals surface area contributed by atoms with E-state index in [4.69, 9.17) is 0 Å². The summed E-state index contributed by atoms with van der Waals surface area (Å²) in [4.78, 5) is 6.26. The molecule has 0 aromatic rings. The molecule has 13 heavy (non-hydrogen) atoms. The molecule has 0 radical (unpaired) electrons. The molecule has 0 saturated carbocycles. The lowest BCUT2D eigenvalue weighted by Crippen LogP contribution is -2.11. The first-order chi connectivity index (χ1) is 6.11. The van der Waals surface area contributed by atoms with E-state index in [1.165, 1.54) is 0 Å². The zero-order valence-electron chi connectivity index (χ0n) is 8.91. The van der Waals surface area contributed by atoms with Crippen molar-refractivity contribution < 1.29 is 0 Å². The van der Waals surface area contributed by atoms with Crippen molar-refractivity contribution in [1.29, 1.82) is 0 Å². The summed E-state index contributed by atoms with van der Waals surface area (Å²) in [5.74, 6) is 0. The molecule has 0 spiro atoms. The second-order valence-corrected chi connectivity index (χ2v) is 2.91. The van der Waals surface area contributed by atoms with Crippen molar-refractivity contribution in [2.75, 3.05) is 14.1 Å². The molecule has 0 bridgehead atoms. The Morgan fingerprint density at radius 3 is 2.38 bits per heavy atom. The van der Waals surface area contributed by atoms with Crippen LogP contribution in [0.2, 0.25) is 0 Å². The van der Waals surface area contributed by atoms with E-state index in [0.717, 1.165) is 11.4 Å². The minimum Gasteiger partial charge on any atom is -0.376 e. The summed E-state index contributed by atoms with van der Waals surface area (Å²) < 4.78 is 0. The van der Waals surface area contributed by atoms with Gasteiger partial charge >= 0.3 is 0 Å². The van der Waals surface area contributed by atoms with Gasteiger partial charge in [-0.15, -0.1) is 0 Å². The Kier molecular flexibility index (Phi) is 5.60. The Labute approximate surface area is 81.0 Å². The first-order valence-electron chi connectivity index (χ1n) is 4.28. The highest BCUT2D eigenvalue weighted by Gasteiger charge is 1.92. The zero-order valence-corrected chi connectivity index (χ0v) is 8.91. The van der Waals surface area contributed by atoms with Gasteiger partial charge in [0.2, 0.25) is 0 Å². The van der Waals surface area contributed by atoms with E-state index >= 15 is 0 Å². The molecular weight excluding hydrogens is 160 g/mol. The quantitative estimate of drug-likeness (QED) is 0.477. The average Bonchev–Trinajstić information content (AvgIpc) is 2.11. The summed E-state index contributed by atoms with van der Waals surface area (Å²) in [6.07, 6.45) is 7.48. The molecule has 0 aliphatic rings. The summed E-state index contributed by atoms with van der Waals surface area (Å²) in [5, 5.41) is 0. The molecule has 72 valence electrons. The first-order valence-corrected chi connectivity index (χ1v) is 4.28. The molecule has 0 aromatic carbocycles. The van der Waals surface area contributed by atoms with Crippen LogP contribution in [0.25, 0.3) is 0 Å². The maximum Gasteiger partial charge on any atom is 0.0546 e. The molecule has 0 fully saturated rings. The van der Waals surface area contributed by atoms with Crippen LogP contribution in [0.4, 0.5) is 0 Å². The molecule has 2 nitrogen and oxygen atoms in total. The maximum atomic E-state index is 4.26. The molecule has 0 saturated heterocycles. The number of allylic oxidation sites excluding steroid dienone is 5. The van der Waals surface area contributed by atoms with Crippen LogP contribution in [-0.2, 0) is 0 Å². The highest BCUT2D eigenvalue weighted by atomic mass is 15.1. The standard InChI is InChI=1S/C11H18N2/c1-6-8-11(13(4)5)9-12-10(3)7-2/h6-9H,1H2,2-5H3/b10-7-,11-8-,12-9-. The Balaban J connectivity index is 4.53. The smallest absolute Gasteiger partial charge is 0.0546 e. The van der Waals surface area contributed by atoms with Gasteiger partial charge in [-0.05, 0) is 19.9 Å². The van der Waals surface area contributed by atoms with Gasteiger partial charge in [0.15, 0.2) is 0 Å². The van der Waals surface area contributed by atoms with Crippen molar-refractivity contribution >= 4 is 6.21 Å². The lowest BCUT2D eigenvalue weighted by atomic mass is 10.4. The third kappa shape index (κ3) is 5.01. The van der Waals surface area contributed by atoms with E-state index in [1.54, 1.807) is 6.08 Å². The van der Waals surface area contributed by atoms with E-state index in [2.05, 4.69) is 11.6 Å². The summed E-state index contributed by atoms with van der Waals surface area (Å²) in [6, 6.07) is 0. The summed E-state index contributed by atoms with van der Waals surface area (Å²) in [6.45, 7) is 7.59. The summed E-state index contributed by atoms with van der Waals surface area (Å²) in [5.41, 5.74) is 2.05. The van der Waals surface area contributed by atoms with Crippen LogP contribution in [-0.4, -0.2) is 25.2 Å². The molecule has 0 heterocycles.